The van der Waals surface area contributed by atoms with Crippen LogP contribution in [0.4, 0.5) is 5.69 Å². The fraction of sp³-hybridized carbons (Fsp3) is 0.412. The third-order valence-corrected chi connectivity index (χ3v) is 10.0. The topological polar surface area (TPSA) is 125 Å². The number of amides is 3. The van der Waals surface area contributed by atoms with Crippen LogP contribution in [0.1, 0.15) is 37.3 Å². The molecule has 4 aliphatic heterocycles. The number of hydrogen-bond donors (Lipinski definition) is 2. The van der Waals surface area contributed by atoms with Gasteiger partial charge in [-0.1, -0.05) is 70.0 Å². The average molecular weight is 713 g/mol. The lowest BCUT2D eigenvalue weighted by molar-refractivity contribution is -0.145. The zero-order valence-corrected chi connectivity index (χ0v) is 27.4. The van der Waals surface area contributed by atoms with Gasteiger partial charge in [0.2, 0.25) is 11.8 Å². The predicted molar refractivity (Wildman–Crippen MR) is 174 cm³/mol. The lowest BCUT2D eigenvalue weighted by Gasteiger charge is -2.36. The number of likely N-dealkylation sites (tertiary alicyclic amines) is 1. The molecule has 46 heavy (non-hydrogen) atoms. The van der Waals surface area contributed by atoms with Gasteiger partial charge in [0.05, 0.1) is 17.9 Å². The summed E-state index contributed by atoms with van der Waals surface area (Å²) < 4.78 is 12.8. The number of aliphatic hydroxyl groups is 1. The molecule has 0 aliphatic carbocycles. The van der Waals surface area contributed by atoms with Crippen molar-refractivity contribution in [2.24, 2.45) is 11.8 Å². The highest BCUT2D eigenvalue weighted by atomic mass is 79.9. The largest absolute Gasteiger partial charge is 0.463 e. The number of ether oxygens (including phenoxy) is 2. The molecule has 6 atom stereocenters. The first kappa shape index (κ1) is 32.4. The second kappa shape index (κ2) is 13.7. The van der Waals surface area contributed by atoms with Crippen LogP contribution >= 0.6 is 27.5 Å². The molecule has 4 aliphatic rings. The van der Waals surface area contributed by atoms with Gasteiger partial charge in [-0.25, -0.2) is 0 Å². The van der Waals surface area contributed by atoms with Gasteiger partial charge in [0.25, 0.3) is 5.91 Å². The number of halogens is 2. The number of hydrogen-bond acceptors (Lipinski definition) is 7. The summed E-state index contributed by atoms with van der Waals surface area (Å²) in [5, 5.41) is 13.0. The van der Waals surface area contributed by atoms with Crippen molar-refractivity contribution in [3.63, 3.8) is 0 Å². The van der Waals surface area contributed by atoms with Gasteiger partial charge in [0, 0.05) is 41.3 Å². The summed E-state index contributed by atoms with van der Waals surface area (Å²) in [6.07, 6.45) is 6.02. The number of aliphatic hydroxyl groups excluding tert-OH is 1. The number of nitrogens with zero attached hydrogens (tertiary/aromatic N) is 2. The number of nitrogens with one attached hydrogen (secondary N) is 1. The molecular formula is C34H35BrClN3O7. The molecule has 5 bridgehead atoms. The highest BCUT2D eigenvalue weighted by Gasteiger charge is 2.74. The van der Waals surface area contributed by atoms with Crippen LogP contribution in [0.25, 0.3) is 0 Å². The molecule has 2 saturated heterocycles. The van der Waals surface area contributed by atoms with E-state index >= 15 is 0 Å². The average Bonchev–Trinajstić information content (AvgIpc) is 3.64. The maximum absolute atomic E-state index is 14.8. The van der Waals surface area contributed by atoms with Crippen LogP contribution in [0.5, 0.6) is 0 Å². The van der Waals surface area contributed by atoms with E-state index in [1.165, 1.54) is 4.90 Å². The lowest BCUT2D eigenvalue weighted by atomic mass is 9.74. The number of esters is 1. The first-order chi connectivity index (χ1) is 22.2. The van der Waals surface area contributed by atoms with E-state index in [-0.39, 0.29) is 44.5 Å². The Morgan fingerprint density at radius 2 is 1.76 bits per heavy atom. The highest BCUT2D eigenvalue weighted by Crippen LogP contribution is 2.58. The summed E-state index contributed by atoms with van der Waals surface area (Å²) in [7, 11) is 0. The van der Waals surface area contributed by atoms with E-state index in [4.69, 9.17) is 21.1 Å². The number of unbranched alkanes of at least 4 members (excludes halogenated alkanes) is 1. The molecule has 1 spiro atoms. The van der Waals surface area contributed by atoms with E-state index in [0.29, 0.717) is 34.5 Å². The number of carbonyl (C=O) groups excluding carboxylic acids is 4. The minimum Gasteiger partial charge on any atom is -0.463 e. The molecular weight excluding hydrogens is 678 g/mol. The molecule has 2 N–H and O–H groups in total. The van der Waals surface area contributed by atoms with Crippen LogP contribution in [0, 0.1) is 11.8 Å². The Morgan fingerprint density at radius 1 is 1.00 bits per heavy atom. The highest BCUT2D eigenvalue weighted by molar-refractivity contribution is 9.11. The number of fused-ring (bicyclic) bond motifs is 2. The smallest absolute Gasteiger partial charge is 0.306 e. The van der Waals surface area contributed by atoms with E-state index < -0.39 is 47.5 Å². The Kier molecular flexibility index (Phi) is 9.65. The van der Waals surface area contributed by atoms with E-state index in [9.17, 15) is 24.3 Å². The van der Waals surface area contributed by atoms with Crippen molar-refractivity contribution in [1.29, 1.82) is 0 Å². The molecule has 0 unspecified atom stereocenters. The molecule has 2 fully saturated rings. The monoisotopic (exact) mass is 711 g/mol. The molecule has 242 valence electrons. The SMILES string of the molecule is O=C1CC/C=C\CN(c2ccc(Cl)cc2)C(=O)[C@H]2N(CCCCO)C(=O)[C@@H]3[C@@H](C(=O)N[C@@H](c4ccccc4)CO1)[C@@H]1O[C@@]32C=C1Br. The van der Waals surface area contributed by atoms with Crippen LogP contribution < -0.4 is 10.2 Å². The van der Waals surface area contributed by atoms with Crippen LogP contribution in [0.2, 0.25) is 5.02 Å². The third kappa shape index (κ3) is 6.01. The first-order valence-electron chi connectivity index (χ1n) is 15.5. The van der Waals surface area contributed by atoms with Gasteiger partial charge >= 0.3 is 5.97 Å². The van der Waals surface area contributed by atoms with E-state index in [2.05, 4.69) is 21.2 Å². The number of carbonyl (C=O) groups is 4. The summed E-state index contributed by atoms with van der Waals surface area (Å²) in [5.41, 5.74) is -0.102. The Hall–Kier alpha value is -3.51. The molecule has 4 heterocycles. The van der Waals surface area contributed by atoms with Crippen molar-refractivity contribution >= 4 is 56.9 Å². The Labute approximate surface area is 280 Å². The van der Waals surface area contributed by atoms with Crippen molar-refractivity contribution in [1.82, 2.24) is 10.2 Å². The maximum atomic E-state index is 14.8. The van der Waals surface area contributed by atoms with Gasteiger partial charge in [-0.3, -0.25) is 19.2 Å². The fourth-order valence-electron chi connectivity index (χ4n) is 6.94. The van der Waals surface area contributed by atoms with Crippen LogP contribution in [-0.4, -0.2) is 77.7 Å². The van der Waals surface area contributed by atoms with Gasteiger partial charge in [-0.05, 0) is 55.2 Å². The summed E-state index contributed by atoms with van der Waals surface area (Å²) >= 11 is 9.76. The van der Waals surface area contributed by atoms with Gasteiger partial charge in [0.1, 0.15) is 24.4 Å². The third-order valence-electron chi connectivity index (χ3n) is 9.07. The maximum Gasteiger partial charge on any atom is 0.306 e. The second-order valence-electron chi connectivity index (χ2n) is 11.9. The van der Waals surface area contributed by atoms with E-state index in [1.807, 2.05) is 36.4 Å². The van der Waals surface area contributed by atoms with Crippen molar-refractivity contribution in [3.05, 3.63) is 87.9 Å². The van der Waals surface area contributed by atoms with Crippen LogP contribution in [0.3, 0.4) is 0 Å². The Morgan fingerprint density at radius 3 is 2.50 bits per heavy atom. The quantitative estimate of drug-likeness (QED) is 0.263. The van der Waals surface area contributed by atoms with Gasteiger partial charge in [0.15, 0.2) is 0 Å². The van der Waals surface area contributed by atoms with E-state index in [0.717, 1.165) is 5.56 Å². The zero-order chi connectivity index (χ0) is 32.4. The molecule has 0 saturated carbocycles. The van der Waals surface area contributed by atoms with Gasteiger partial charge < -0.3 is 29.7 Å². The molecule has 2 aromatic carbocycles. The summed E-state index contributed by atoms with van der Waals surface area (Å²) in [4.78, 5) is 59.2. The van der Waals surface area contributed by atoms with Crippen molar-refractivity contribution < 1.29 is 33.8 Å². The molecule has 10 nitrogen and oxygen atoms in total. The zero-order valence-electron chi connectivity index (χ0n) is 25.0. The Balaban J connectivity index is 1.44. The lowest BCUT2D eigenvalue weighted by Crippen LogP contribution is -2.56. The number of rotatable bonds is 6. The molecule has 2 aromatic rings. The van der Waals surface area contributed by atoms with Gasteiger partial charge in [-0.15, -0.1) is 0 Å². The fourth-order valence-corrected chi connectivity index (χ4v) is 7.80. The standard InChI is InChI=1S/C34H35BrClN3O7/c35-24-19-34-28-27(29(24)46-34)31(42)37-25(21-9-3-1-4-10-21)20-45-26(41)11-5-2-6-16-38(23-14-12-22(36)13-15-23)33(44)30(34)39(32(28)43)17-7-8-18-40/h1-4,6,9-10,12-15,19,25,27-30,40H,5,7-8,11,16-18,20H2,(H,37,42)/b6-2-/t25-,27-,28+,29-,30-,34+/m1/s1. The van der Waals surface area contributed by atoms with Crippen molar-refractivity contribution in [2.45, 2.75) is 49.5 Å². The number of allylic oxidation sites excluding steroid dienone is 1. The van der Waals surface area contributed by atoms with Gasteiger partial charge in [-0.2, -0.15) is 0 Å². The normalized spacial score (nSPS) is 30.6. The first-order valence-corrected chi connectivity index (χ1v) is 16.6. The molecule has 0 aromatic heterocycles. The van der Waals surface area contributed by atoms with Crippen molar-refractivity contribution in [3.8, 4) is 0 Å². The number of anilines is 1. The van der Waals surface area contributed by atoms with Crippen molar-refractivity contribution in [2.75, 3.05) is 31.2 Å². The van der Waals surface area contributed by atoms with E-state index in [1.54, 1.807) is 41.3 Å². The van der Waals surface area contributed by atoms with Crippen LogP contribution in [0.15, 0.2) is 77.3 Å². The number of cyclic esters (lactones) is 1. The minimum absolute atomic E-state index is 0.0581. The summed E-state index contributed by atoms with van der Waals surface area (Å²) in [6.45, 7) is 0.210. The van der Waals surface area contributed by atoms with Crippen LogP contribution in [-0.2, 0) is 28.7 Å². The molecule has 0 radical (unpaired) electrons. The summed E-state index contributed by atoms with van der Waals surface area (Å²) in [6, 6.07) is 14.3. The molecule has 3 amide bonds. The minimum atomic E-state index is -1.41. The molecule has 6 rings (SSSR count). The number of benzene rings is 2. The second-order valence-corrected chi connectivity index (χ2v) is 13.2. The summed E-state index contributed by atoms with van der Waals surface area (Å²) in [5.74, 6) is -3.52. The molecule has 12 heteroatoms. The Bertz CT molecular complexity index is 1550. The predicted octanol–water partition coefficient (Wildman–Crippen LogP) is 4.07.